The summed E-state index contributed by atoms with van der Waals surface area (Å²) in [6, 6.07) is 14.3. The molecule has 3 rings (SSSR count). The Morgan fingerprint density at radius 2 is 1.83 bits per heavy atom. The molecular formula is C24H30N2O4. The van der Waals surface area contributed by atoms with Crippen molar-refractivity contribution < 1.29 is 19.1 Å². The van der Waals surface area contributed by atoms with Gasteiger partial charge >= 0.3 is 0 Å². The first-order valence-corrected chi connectivity index (χ1v) is 10.7. The Labute approximate surface area is 178 Å². The van der Waals surface area contributed by atoms with Gasteiger partial charge in [-0.1, -0.05) is 44.4 Å². The number of carbonyl (C=O) groups excluding carboxylic acids is 2. The van der Waals surface area contributed by atoms with E-state index in [1.165, 1.54) is 12.8 Å². The second kappa shape index (κ2) is 11.4. The van der Waals surface area contributed by atoms with E-state index in [4.69, 9.17) is 9.47 Å². The molecule has 2 aromatic carbocycles. The highest BCUT2D eigenvalue weighted by molar-refractivity contribution is 6.06. The molecule has 2 amide bonds. The molecule has 0 saturated carbocycles. The van der Waals surface area contributed by atoms with Crippen LogP contribution in [0.4, 0.5) is 5.69 Å². The number of hydrogen-bond donors (Lipinski definition) is 1. The fourth-order valence-electron chi connectivity index (χ4n) is 3.37. The number of unbranched alkanes of at least 4 members (excludes halogenated alkanes) is 3. The van der Waals surface area contributed by atoms with E-state index < -0.39 is 0 Å². The van der Waals surface area contributed by atoms with Gasteiger partial charge in [-0.05, 0) is 36.8 Å². The summed E-state index contributed by atoms with van der Waals surface area (Å²) in [6.45, 7) is 5.03. The molecule has 1 N–H and O–H groups in total. The Morgan fingerprint density at radius 1 is 1.03 bits per heavy atom. The summed E-state index contributed by atoms with van der Waals surface area (Å²) in [5.74, 6) is 0.271. The van der Waals surface area contributed by atoms with Crippen molar-refractivity contribution in [2.24, 2.45) is 0 Å². The fraction of sp³-hybridized carbons (Fsp3) is 0.417. The smallest absolute Gasteiger partial charge is 0.259 e. The third-order valence-corrected chi connectivity index (χ3v) is 5.05. The minimum Gasteiger partial charge on any atom is -0.493 e. The van der Waals surface area contributed by atoms with Crippen LogP contribution in [0.3, 0.4) is 0 Å². The number of ether oxygens (including phenoxy) is 2. The molecule has 0 atom stereocenters. The van der Waals surface area contributed by atoms with Crippen LogP contribution >= 0.6 is 0 Å². The molecule has 1 aliphatic rings. The Hall–Kier alpha value is -2.86. The molecule has 1 aliphatic heterocycles. The third kappa shape index (κ3) is 6.07. The summed E-state index contributed by atoms with van der Waals surface area (Å²) < 4.78 is 11.2. The average molecular weight is 411 g/mol. The summed E-state index contributed by atoms with van der Waals surface area (Å²) >= 11 is 0. The summed E-state index contributed by atoms with van der Waals surface area (Å²) in [5.41, 5.74) is 1.62. The number of morpholine rings is 1. The number of carbonyl (C=O) groups is 2. The molecule has 6 heteroatoms. The molecule has 0 radical (unpaired) electrons. The van der Waals surface area contributed by atoms with Crippen molar-refractivity contribution in [2.45, 2.75) is 32.6 Å². The number of nitrogens with one attached hydrogen (secondary N) is 1. The molecule has 30 heavy (non-hydrogen) atoms. The van der Waals surface area contributed by atoms with Crippen LogP contribution in [0.5, 0.6) is 5.75 Å². The lowest BCUT2D eigenvalue weighted by Gasteiger charge is -2.27. The second-order valence-corrected chi connectivity index (χ2v) is 7.34. The van der Waals surface area contributed by atoms with E-state index >= 15 is 0 Å². The van der Waals surface area contributed by atoms with Crippen LogP contribution in [-0.4, -0.2) is 49.6 Å². The number of rotatable bonds is 9. The van der Waals surface area contributed by atoms with E-state index in [-0.39, 0.29) is 11.8 Å². The first-order chi connectivity index (χ1) is 14.7. The molecule has 0 aliphatic carbocycles. The standard InChI is InChI=1S/C24H30N2O4/c1-2-3-4-7-15-30-22-12-6-5-11-21(22)23(27)25-20-10-8-9-19(18-20)24(28)26-13-16-29-17-14-26/h5-6,8-12,18H,2-4,7,13-17H2,1H3,(H,25,27). The number of para-hydroxylation sites is 1. The number of amides is 2. The van der Waals surface area contributed by atoms with E-state index in [2.05, 4.69) is 12.2 Å². The third-order valence-electron chi connectivity index (χ3n) is 5.05. The van der Waals surface area contributed by atoms with Crippen molar-refractivity contribution in [3.05, 3.63) is 59.7 Å². The first kappa shape index (κ1) is 21.8. The van der Waals surface area contributed by atoms with E-state index in [1.807, 2.05) is 18.2 Å². The SMILES string of the molecule is CCCCCCOc1ccccc1C(=O)Nc1cccc(C(=O)N2CCOCC2)c1. The molecule has 1 saturated heterocycles. The van der Waals surface area contributed by atoms with Gasteiger partial charge in [0.05, 0.1) is 25.4 Å². The van der Waals surface area contributed by atoms with E-state index in [1.54, 1.807) is 35.2 Å². The van der Waals surface area contributed by atoms with Gasteiger partial charge in [0.25, 0.3) is 11.8 Å². The fourth-order valence-corrected chi connectivity index (χ4v) is 3.37. The monoisotopic (exact) mass is 410 g/mol. The van der Waals surface area contributed by atoms with Crippen LogP contribution < -0.4 is 10.1 Å². The van der Waals surface area contributed by atoms with Gasteiger partial charge in [0.1, 0.15) is 5.75 Å². The Bertz CT molecular complexity index is 847. The van der Waals surface area contributed by atoms with Gasteiger partial charge in [-0.2, -0.15) is 0 Å². The lowest BCUT2D eigenvalue weighted by atomic mass is 10.1. The topological polar surface area (TPSA) is 67.9 Å². The highest BCUT2D eigenvalue weighted by Gasteiger charge is 2.19. The molecule has 160 valence electrons. The van der Waals surface area contributed by atoms with Crippen LogP contribution in [0.1, 0.15) is 53.3 Å². The lowest BCUT2D eigenvalue weighted by molar-refractivity contribution is 0.0303. The first-order valence-electron chi connectivity index (χ1n) is 10.7. The lowest BCUT2D eigenvalue weighted by Crippen LogP contribution is -2.40. The van der Waals surface area contributed by atoms with Crippen LogP contribution in [0, 0.1) is 0 Å². The normalized spacial score (nSPS) is 13.7. The van der Waals surface area contributed by atoms with Crippen molar-refractivity contribution >= 4 is 17.5 Å². The van der Waals surface area contributed by atoms with Crippen molar-refractivity contribution in [3.8, 4) is 5.75 Å². The van der Waals surface area contributed by atoms with Gasteiger partial charge in [0.2, 0.25) is 0 Å². The molecule has 0 spiro atoms. The van der Waals surface area contributed by atoms with Crippen molar-refractivity contribution in [3.63, 3.8) is 0 Å². The maximum atomic E-state index is 12.8. The van der Waals surface area contributed by atoms with E-state index in [0.29, 0.717) is 55.5 Å². The molecular weight excluding hydrogens is 380 g/mol. The van der Waals surface area contributed by atoms with Crippen LogP contribution in [0.25, 0.3) is 0 Å². The molecule has 6 nitrogen and oxygen atoms in total. The van der Waals surface area contributed by atoms with Gasteiger partial charge < -0.3 is 19.7 Å². The molecule has 1 fully saturated rings. The Morgan fingerprint density at radius 3 is 2.63 bits per heavy atom. The average Bonchev–Trinajstić information content (AvgIpc) is 2.79. The van der Waals surface area contributed by atoms with E-state index in [0.717, 1.165) is 12.8 Å². The summed E-state index contributed by atoms with van der Waals surface area (Å²) in [7, 11) is 0. The van der Waals surface area contributed by atoms with Crippen molar-refractivity contribution in [1.82, 2.24) is 4.90 Å². The van der Waals surface area contributed by atoms with Crippen molar-refractivity contribution in [1.29, 1.82) is 0 Å². The summed E-state index contributed by atoms with van der Waals surface area (Å²) in [4.78, 5) is 27.3. The van der Waals surface area contributed by atoms with Crippen LogP contribution in [-0.2, 0) is 4.74 Å². The molecule has 0 bridgehead atoms. The predicted molar refractivity (Wildman–Crippen MR) is 117 cm³/mol. The highest BCUT2D eigenvalue weighted by atomic mass is 16.5. The van der Waals surface area contributed by atoms with Crippen molar-refractivity contribution in [2.75, 3.05) is 38.2 Å². The maximum absolute atomic E-state index is 12.8. The number of anilines is 1. The van der Waals surface area contributed by atoms with Gasteiger partial charge in [-0.3, -0.25) is 9.59 Å². The number of benzene rings is 2. The maximum Gasteiger partial charge on any atom is 0.259 e. The van der Waals surface area contributed by atoms with E-state index in [9.17, 15) is 9.59 Å². The van der Waals surface area contributed by atoms with Gasteiger partial charge in [0, 0.05) is 24.3 Å². The highest BCUT2D eigenvalue weighted by Crippen LogP contribution is 2.21. The molecule has 0 unspecified atom stereocenters. The Balaban J connectivity index is 1.64. The zero-order chi connectivity index (χ0) is 21.2. The molecule has 2 aromatic rings. The predicted octanol–water partition coefficient (Wildman–Crippen LogP) is 4.37. The minimum atomic E-state index is -0.255. The zero-order valence-electron chi connectivity index (χ0n) is 17.6. The largest absolute Gasteiger partial charge is 0.493 e. The summed E-state index contributed by atoms with van der Waals surface area (Å²) in [5, 5.41) is 2.89. The molecule has 0 aromatic heterocycles. The second-order valence-electron chi connectivity index (χ2n) is 7.34. The van der Waals surface area contributed by atoms with Gasteiger partial charge in [-0.15, -0.1) is 0 Å². The van der Waals surface area contributed by atoms with Gasteiger partial charge in [-0.25, -0.2) is 0 Å². The zero-order valence-corrected chi connectivity index (χ0v) is 17.6. The van der Waals surface area contributed by atoms with Crippen LogP contribution in [0.15, 0.2) is 48.5 Å². The van der Waals surface area contributed by atoms with Gasteiger partial charge in [0.15, 0.2) is 0 Å². The van der Waals surface area contributed by atoms with Crippen LogP contribution in [0.2, 0.25) is 0 Å². The minimum absolute atomic E-state index is 0.0507. The Kier molecular flexibility index (Phi) is 8.27. The number of nitrogens with zero attached hydrogens (tertiary/aromatic N) is 1. The quantitative estimate of drug-likeness (QED) is 0.624. The summed E-state index contributed by atoms with van der Waals surface area (Å²) in [6.07, 6.45) is 4.45. The number of hydrogen-bond acceptors (Lipinski definition) is 4. The molecule has 1 heterocycles.